The highest BCUT2D eigenvalue weighted by Crippen LogP contribution is 2.37. The van der Waals surface area contributed by atoms with E-state index in [1.165, 1.54) is 19.3 Å². The second-order valence-electron chi connectivity index (χ2n) is 8.85. The molecule has 0 spiro atoms. The lowest BCUT2D eigenvalue weighted by Gasteiger charge is -2.29. The molecule has 5 rings (SSSR count). The van der Waals surface area contributed by atoms with Crippen LogP contribution in [0.2, 0.25) is 0 Å². The third-order valence-corrected chi connectivity index (χ3v) is 6.90. The zero-order chi connectivity index (χ0) is 26.4. The van der Waals surface area contributed by atoms with Crippen molar-refractivity contribution in [3.63, 3.8) is 0 Å². The molecular weight excluding hydrogens is 505 g/mol. The zero-order valence-electron chi connectivity index (χ0n) is 19.7. The van der Waals surface area contributed by atoms with Crippen LogP contribution in [0.15, 0.2) is 64.4 Å². The Hall–Kier alpha value is -3.57. The average Bonchev–Trinajstić information content (AvgIpc) is 3.55. The number of alkyl halides is 3. The molecule has 3 aromatic rings. The van der Waals surface area contributed by atoms with Crippen LogP contribution < -0.4 is 15.7 Å². The molecule has 1 amide bonds. The van der Waals surface area contributed by atoms with E-state index in [0.717, 1.165) is 47.0 Å². The number of quaternary nitrogens is 1. The number of benzene rings is 2. The van der Waals surface area contributed by atoms with Crippen molar-refractivity contribution in [2.24, 2.45) is 10.9 Å². The number of carbonyl (C=O) groups is 2. The van der Waals surface area contributed by atoms with E-state index in [1.807, 2.05) is 52.6 Å². The number of hydrogen-bond acceptors (Lipinski definition) is 6. The normalized spacial score (nSPS) is 16.1. The van der Waals surface area contributed by atoms with Gasteiger partial charge in [-0.1, -0.05) is 49.6 Å². The van der Waals surface area contributed by atoms with Crippen LogP contribution in [0.4, 0.5) is 30.2 Å². The molecule has 2 aromatic carbocycles. The molecule has 1 saturated carbocycles. The Balaban J connectivity index is 0.000000405. The minimum Gasteiger partial charge on any atom is -0.542 e. The highest BCUT2D eigenvalue weighted by atomic mass is 32.1. The van der Waals surface area contributed by atoms with Crippen LogP contribution in [-0.2, 0) is 9.59 Å². The molecule has 7 nitrogen and oxygen atoms in total. The van der Waals surface area contributed by atoms with Crippen LogP contribution in [0.25, 0.3) is 0 Å². The summed E-state index contributed by atoms with van der Waals surface area (Å²) in [6.07, 6.45) is 0.755. The molecule has 1 unspecified atom stereocenters. The smallest absolute Gasteiger partial charge is 0.430 e. The summed E-state index contributed by atoms with van der Waals surface area (Å²) in [5, 5.41) is 16.0. The molecule has 1 atom stereocenters. The van der Waals surface area contributed by atoms with Crippen LogP contribution >= 0.6 is 11.3 Å². The standard InChI is InChI=1S/C24H24N4OS.C2HF3O2/c29-24(22(16-7-3-1-4-8-16)17-9-5-2-6-10-17)26-18-11-12-19-20(13-18)28-23(27-19)21-14-30-15-25-21;3-2(4,5)1(6)7/h1,3-4,7-8,11-15,17,22H,2,5-6,9-10H2,(H,26,29)(H,27,28);(H,6,7). The number of nitrogens with two attached hydrogens (primary N) is 1. The summed E-state index contributed by atoms with van der Waals surface area (Å²) in [7, 11) is 0. The number of carboxylic acid groups (broad SMARTS) is 1. The fourth-order valence-electron chi connectivity index (χ4n) is 4.61. The molecule has 0 radical (unpaired) electrons. The van der Waals surface area contributed by atoms with Crippen molar-refractivity contribution in [2.75, 3.05) is 5.32 Å². The first-order valence-corrected chi connectivity index (χ1v) is 12.8. The molecule has 37 heavy (non-hydrogen) atoms. The van der Waals surface area contributed by atoms with Gasteiger partial charge >= 0.3 is 6.18 Å². The third-order valence-electron chi connectivity index (χ3n) is 6.32. The quantitative estimate of drug-likeness (QED) is 0.485. The van der Waals surface area contributed by atoms with Crippen molar-refractivity contribution in [1.29, 1.82) is 0 Å². The summed E-state index contributed by atoms with van der Waals surface area (Å²) in [5.41, 5.74) is 6.58. The first-order chi connectivity index (χ1) is 17.7. The molecule has 1 aliphatic heterocycles. The van der Waals surface area contributed by atoms with Gasteiger partial charge in [0.05, 0.1) is 11.4 Å². The lowest BCUT2D eigenvalue weighted by Crippen LogP contribution is -2.80. The van der Waals surface area contributed by atoms with E-state index in [0.29, 0.717) is 5.92 Å². The number of aliphatic imine (C=N–C) groups is 1. The maximum absolute atomic E-state index is 13.4. The first kappa shape index (κ1) is 26.5. The molecule has 2 heterocycles. The van der Waals surface area contributed by atoms with E-state index < -0.39 is 12.1 Å². The Labute approximate surface area is 215 Å². The number of aliphatic carboxylic acids is 1. The molecule has 11 heteroatoms. The summed E-state index contributed by atoms with van der Waals surface area (Å²) in [4.78, 5) is 31.2. The van der Waals surface area contributed by atoms with Crippen molar-refractivity contribution >= 4 is 46.1 Å². The van der Waals surface area contributed by atoms with Gasteiger partial charge in [-0.3, -0.25) is 10.1 Å². The summed E-state index contributed by atoms with van der Waals surface area (Å²) in [6.45, 7) is 0. The van der Waals surface area contributed by atoms with Gasteiger partial charge < -0.3 is 15.2 Å². The zero-order valence-corrected chi connectivity index (χ0v) is 20.5. The Bertz CT molecular complexity index is 1260. The maximum atomic E-state index is 13.4. The number of aromatic nitrogens is 1. The summed E-state index contributed by atoms with van der Waals surface area (Å²) in [5.74, 6) is -1.74. The predicted octanol–water partition coefficient (Wildman–Crippen LogP) is 4.03. The Morgan fingerprint density at radius 3 is 2.41 bits per heavy atom. The molecule has 3 N–H and O–H groups in total. The van der Waals surface area contributed by atoms with E-state index in [1.54, 1.807) is 11.3 Å². The molecule has 194 valence electrons. The van der Waals surface area contributed by atoms with Crippen molar-refractivity contribution in [3.05, 3.63) is 70.7 Å². The van der Waals surface area contributed by atoms with E-state index in [4.69, 9.17) is 9.90 Å². The predicted molar refractivity (Wildman–Crippen MR) is 132 cm³/mol. The minimum atomic E-state index is -5.19. The third kappa shape index (κ3) is 6.80. The molecule has 1 aromatic heterocycles. The van der Waals surface area contributed by atoms with Gasteiger partial charge in [-0.15, -0.1) is 11.3 Å². The van der Waals surface area contributed by atoms with E-state index in [-0.39, 0.29) is 11.8 Å². The Morgan fingerprint density at radius 2 is 1.78 bits per heavy atom. The number of hydrogen-bond donors (Lipinski definition) is 2. The first-order valence-electron chi connectivity index (χ1n) is 11.8. The monoisotopic (exact) mass is 530 g/mol. The van der Waals surface area contributed by atoms with Crippen molar-refractivity contribution in [3.8, 4) is 0 Å². The van der Waals surface area contributed by atoms with Crippen LogP contribution in [-0.4, -0.2) is 28.9 Å². The second kappa shape index (κ2) is 11.7. The number of carbonyl (C=O) groups excluding carboxylic acids is 2. The van der Waals surface area contributed by atoms with Gasteiger partial charge in [0.2, 0.25) is 5.91 Å². The van der Waals surface area contributed by atoms with Gasteiger partial charge in [0.15, 0.2) is 11.4 Å². The number of anilines is 1. The van der Waals surface area contributed by atoms with Gasteiger partial charge in [0.1, 0.15) is 11.7 Å². The van der Waals surface area contributed by atoms with Gasteiger partial charge in [-0.25, -0.2) is 4.98 Å². The second-order valence-corrected chi connectivity index (χ2v) is 9.57. The molecule has 1 aliphatic carbocycles. The maximum Gasteiger partial charge on any atom is 0.430 e. The van der Waals surface area contributed by atoms with Crippen LogP contribution in [0.3, 0.4) is 0 Å². The number of fused-ring (bicyclic) bond motifs is 1. The number of nitrogens with one attached hydrogen (secondary N) is 1. The number of rotatable bonds is 5. The fourth-order valence-corrected chi connectivity index (χ4v) is 5.16. The van der Waals surface area contributed by atoms with E-state index >= 15 is 0 Å². The van der Waals surface area contributed by atoms with Crippen LogP contribution in [0.5, 0.6) is 0 Å². The molecule has 0 bridgehead atoms. The topological polar surface area (TPSA) is 111 Å². The van der Waals surface area contributed by atoms with Gasteiger partial charge in [-0.2, -0.15) is 18.2 Å². The van der Waals surface area contributed by atoms with Crippen LogP contribution in [0.1, 0.15) is 49.3 Å². The van der Waals surface area contributed by atoms with Gasteiger partial charge in [0.25, 0.3) is 5.84 Å². The summed E-state index contributed by atoms with van der Waals surface area (Å²) < 4.78 is 31.5. The fraction of sp³-hybridized carbons (Fsp3) is 0.308. The molecule has 0 saturated heterocycles. The van der Waals surface area contributed by atoms with E-state index in [2.05, 4.69) is 27.4 Å². The van der Waals surface area contributed by atoms with Crippen molar-refractivity contribution in [2.45, 2.75) is 44.2 Å². The number of thiazole rings is 1. The Morgan fingerprint density at radius 1 is 1.08 bits per heavy atom. The number of carboxylic acids is 1. The number of halogens is 3. The summed E-state index contributed by atoms with van der Waals surface area (Å²) >= 11 is 1.56. The molecule has 1 fully saturated rings. The van der Waals surface area contributed by atoms with E-state index in [9.17, 15) is 18.0 Å². The number of nitrogens with zero attached hydrogens (tertiary/aromatic N) is 2. The van der Waals surface area contributed by atoms with Gasteiger partial charge in [-0.05, 0) is 36.5 Å². The Kier molecular flexibility index (Phi) is 8.34. The lowest BCUT2D eigenvalue weighted by molar-refractivity contribution is -0.437. The molecule has 2 aliphatic rings. The largest absolute Gasteiger partial charge is 0.542 e. The molecular formula is C26H25F3N4O3S. The highest BCUT2D eigenvalue weighted by molar-refractivity contribution is 7.07. The lowest BCUT2D eigenvalue weighted by atomic mass is 9.76. The number of amidine groups is 1. The van der Waals surface area contributed by atoms with Crippen molar-refractivity contribution < 1.29 is 33.2 Å². The van der Waals surface area contributed by atoms with Crippen LogP contribution in [0, 0.1) is 5.92 Å². The average molecular weight is 531 g/mol. The minimum absolute atomic E-state index is 0.0895. The number of amides is 1. The van der Waals surface area contributed by atoms with Crippen molar-refractivity contribution in [1.82, 2.24) is 4.98 Å². The highest BCUT2D eigenvalue weighted by Gasteiger charge is 2.31. The van der Waals surface area contributed by atoms with Gasteiger partial charge in [0, 0.05) is 17.1 Å². The summed E-state index contributed by atoms with van der Waals surface area (Å²) in [6, 6.07) is 16.2. The SMILES string of the molecule is O=C(Nc1ccc2c(c1)[NH2+]C(c1cscn1)=N2)C(c1ccccc1)C1CCCCC1.O=C([O-])C(F)(F)F.